The molecule has 0 saturated heterocycles. The molecule has 0 fully saturated rings. The van der Waals surface area contributed by atoms with Crippen molar-refractivity contribution < 1.29 is 0 Å². The van der Waals surface area contributed by atoms with E-state index in [-0.39, 0.29) is 0 Å². The molecule has 6 heteroatoms. The van der Waals surface area contributed by atoms with Crippen LogP contribution in [0.3, 0.4) is 0 Å². The summed E-state index contributed by atoms with van der Waals surface area (Å²) in [6.45, 7) is 0. The molecule has 0 amide bonds. The molecular formula is C26H14Br2Cl2N2. The highest BCUT2D eigenvalue weighted by atomic mass is 79.9. The Morgan fingerprint density at radius 3 is 1.38 bits per heavy atom. The number of hydrogen-bond acceptors (Lipinski definition) is 2. The van der Waals surface area contributed by atoms with Gasteiger partial charge in [0.15, 0.2) is 0 Å². The van der Waals surface area contributed by atoms with Gasteiger partial charge in [-0.25, -0.2) is 9.98 Å². The summed E-state index contributed by atoms with van der Waals surface area (Å²) in [7, 11) is 0. The second-order valence-corrected chi connectivity index (χ2v) is 9.97. The van der Waals surface area contributed by atoms with Gasteiger partial charge in [0.05, 0.1) is 22.8 Å². The predicted octanol–water partition coefficient (Wildman–Crippen LogP) is 9.17. The van der Waals surface area contributed by atoms with Crippen molar-refractivity contribution in [3.8, 4) is 0 Å². The van der Waals surface area contributed by atoms with E-state index in [9.17, 15) is 0 Å². The van der Waals surface area contributed by atoms with E-state index in [1.54, 1.807) is 0 Å². The van der Waals surface area contributed by atoms with Gasteiger partial charge in [0, 0.05) is 41.2 Å². The molecule has 1 aliphatic heterocycles. The third-order valence-electron chi connectivity index (χ3n) is 5.09. The molecule has 1 aliphatic rings. The smallest absolute Gasteiger partial charge is 0.0804 e. The summed E-state index contributed by atoms with van der Waals surface area (Å²) in [6, 6.07) is 27.5. The van der Waals surface area contributed by atoms with Crippen LogP contribution in [0, 0.1) is 0 Å². The van der Waals surface area contributed by atoms with Crippen LogP contribution in [0.15, 0.2) is 104 Å². The summed E-state index contributed by atoms with van der Waals surface area (Å²) >= 11 is 19.9. The first-order valence-electron chi connectivity index (χ1n) is 9.77. The largest absolute Gasteiger partial charge is 0.247 e. The van der Waals surface area contributed by atoms with E-state index < -0.39 is 0 Å². The molecule has 0 aromatic heterocycles. The lowest BCUT2D eigenvalue weighted by atomic mass is 9.96. The minimum Gasteiger partial charge on any atom is -0.247 e. The van der Waals surface area contributed by atoms with E-state index in [2.05, 4.69) is 31.9 Å². The molecule has 4 aromatic rings. The second kappa shape index (κ2) is 8.95. The van der Waals surface area contributed by atoms with Gasteiger partial charge in [-0.05, 0) is 60.7 Å². The summed E-state index contributed by atoms with van der Waals surface area (Å²) in [5.41, 5.74) is 6.91. The lowest BCUT2D eigenvalue weighted by Gasteiger charge is -2.19. The Bertz CT molecular complexity index is 1320. The quantitative estimate of drug-likeness (QED) is 0.198. The van der Waals surface area contributed by atoms with Crippen molar-refractivity contribution in [1.29, 1.82) is 0 Å². The molecule has 0 spiro atoms. The lowest BCUT2D eigenvalue weighted by molar-refractivity contribution is 1.38. The molecule has 0 aliphatic carbocycles. The maximum atomic E-state index is 6.32. The van der Waals surface area contributed by atoms with Crippen molar-refractivity contribution in [2.24, 2.45) is 9.98 Å². The van der Waals surface area contributed by atoms with Gasteiger partial charge in [-0.2, -0.15) is 0 Å². The molecule has 2 nitrogen and oxygen atoms in total. The van der Waals surface area contributed by atoms with Crippen LogP contribution in [-0.4, -0.2) is 11.4 Å². The molecule has 0 unspecified atom stereocenters. The first-order chi connectivity index (χ1) is 15.5. The topological polar surface area (TPSA) is 24.7 Å². The fourth-order valence-electron chi connectivity index (χ4n) is 3.66. The standard InChI is InChI=1S/C26H14Br2Cl2N2/c27-17-7-9-23-21(13-17)25(15-3-1-5-19(29)11-15)31-24-10-8-18(28)14-22(24)26(32-23)16-4-2-6-20(30)12-16/h1-14H. The zero-order chi connectivity index (χ0) is 22.2. The number of aliphatic imine (C=N–C) groups is 2. The first-order valence-corrected chi connectivity index (χ1v) is 12.1. The van der Waals surface area contributed by atoms with Crippen molar-refractivity contribution in [1.82, 2.24) is 0 Å². The molecule has 1 heterocycles. The highest BCUT2D eigenvalue weighted by molar-refractivity contribution is 9.10. The zero-order valence-corrected chi connectivity index (χ0v) is 21.2. The highest BCUT2D eigenvalue weighted by Gasteiger charge is 2.21. The van der Waals surface area contributed by atoms with E-state index in [1.165, 1.54) is 0 Å². The van der Waals surface area contributed by atoms with E-state index >= 15 is 0 Å². The molecule has 5 rings (SSSR count). The van der Waals surface area contributed by atoms with Crippen LogP contribution in [0.2, 0.25) is 10.0 Å². The summed E-state index contributed by atoms with van der Waals surface area (Å²) in [6.07, 6.45) is 0. The molecule has 0 atom stereocenters. The molecular weight excluding hydrogens is 571 g/mol. The molecule has 0 N–H and O–H groups in total. The number of rotatable bonds is 2. The van der Waals surface area contributed by atoms with Crippen LogP contribution in [-0.2, 0) is 0 Å². The Morgan fingerprint density at radius 2 is 0.969 bits per heavy atom. The van der Waals surface area contributed by atoms with Gasteiger partial charge in [0.25, 0.3) is 0 Å². The number of hydrogen-bond donors (Lipinski definition) is 0. The number of nitrogens with zero attached hydrogens (tertiary/aromatic N) is 2. The first kappa shape index (κ1) is 21.6. The number of fused-ring (bicyclic) bond motifs is 2. The van der Waals surface area contributed by atoms with Crippen LogP contribution in [0.25, 0.3) is 0 Å². The van der Waals surface area contributed by atoms with Crippen LogP contribution < -0.4 is 0 Å². The molecule has 4 aromatic carbocycles. The van der Waals surface area contributed by atoms with E-state index in [4.69, 9.17) is 33.2 Å². The Kier molecular flexibility index (Phi) is 6.04. The van der Waals surface area contributed by atoms with Crippen LogP contribution in [0.5, 0.6) is 0 Å². The molecule has 32 heavy (non-hydrogen) atoms. The van der Waals surface area contributed by atoms with Gasteiger partial charge in [0.1, 0.15) is 0 Å². The summed E-state index contributed by atoms with van der Waals surface area (Å²) in [4.78, 5) is 10.3. The average molecular weight is 585 g/mol. The average Bonchev–Trinajstić information content (AvgIpc) is 2.76. The van der Waals surface area contributed by atoms with Crippen molar-refractivity contribution in [2.45, 2.75) is 0 Å². The summed E-state index contributed by atoms with van der Waals surface area (Å²) in [5.74, 6) is 0. The fraction of sp³-hybridized carbons (Fsp3) is 0. The van der Waals surface area contributed by atoms with Gasteiger partial charge in [-0.15, -0.1) is 0 Å². The summed E-state index contributed by atoms with van der Waals surface area (Å²) in [5, 5.41) is 1.31. The van der Waals surface area contributed by atoms with Crippen molar-refractivity contribution >= 4 is 77.9 Å². The minimum absolute atomic E-state index is 0.656. The van der Waals surface area contributed by atoms with Crippen LogP contribution in [0.1, 0.15) is 22.3 Å². The summed E-state index contributed by atoms with van der Waals surface area (Å²) < 4.78 is 1.89. The molecule has 156 valence electrons. The van der Waals surface area contributed by atoms with Crippen molar-refractivity contribution in [3.05, 3.63) is 126 Å². The Morgan fingerprint density at radius 1 is 0.531 bits per heavy atom. The monoisotopic (exact) mass is 582 g/mol. The van der Waals surface area contributed by atoms with Gasteiger partial charge >= 0.3 is 0 Å². The third-order valence-corrected chi connectivity index (χ3v) is 6.54. The van der Waals surface area contributed by atoms with Crippen LogP contribution in [0.4, 0.5) is 11.4 Å². The highest BCUT2D eigenvalue weighted by Crippen LogP contribution is 2.36. The predicted molar refractivity (Wildman–Crippen MR) is 142 cm³/mol. The van der Waals surface area contributed by atoms with E-state index in [0.29, 0.717) is 10.0 Å². The van der Waals surface area contributed by atoms with Gasteiger partial charge in [-0.1, -0.05) is 79.3 Å². The fourth-order valence-corrected chi connectivity index (χ4v) is 4.77. The maximum absolute atomic E-state index is 6.32. The van der Waals surface area contributed by atoms with Gasteiger partial charge < -0.3 is 0 Å². The Balaban J connectivity index is 1.86. The molecule has 0 bridgehead atoms. The van der Waals surface area contributed by atoms with Gasteiger partial charge in [-0.3, -0.25) is 0 Å². The van der Waals surface area contributed by atoms with Gasteiger partial charge in [0.2, 0.25) is 0 Å². The Hall–Kier alpha value is -2.24. The molecule has 0 radical (unpaired) electrons. The second-order valence-electron chi connectivity index (χ2n) is 7.26. The zero-order valence-electron chi connectivity index (χ0n) is 16.5. The maximum Gasteiger partial charge on any atom is 0.0804 e. The van der Waals surface area contributed by atoms with E-state index in [1.807, 2.05) is 84.9 Å². The van der Waals surface area contributed by atoms with Crippen molar-refractivity contribution in [3.63, 3.8) is 0 Å². The minimum atomic E-state index is 0.656. The van der Waals surface area contributed by atoms with Crippen LogP contribution >= 0.6 is 55.1 Å². The number of benzene rings is 4. The SMILES string of the molecule is Clc1cccc(C2=Nc3ccc(Br)cc3C(c3cccc(Cl)c3)=Nc3ccc(Br)cc32)c1. The van der Waals surface area contributed by atoms with E-state index in [0.717, 1.165) is 54.0 Å². The lowest BCUT2D eigenvalue weighted by Crippen LogP contribution is -2.10. The van der Waals surface area contributed by atoms with Crippen molar-refractivity contribution in [2.75, 3.05) is 0 Å². The number of halogens is 4. The molecule has 0 saturated carbocycles. The Labute approximate surface area is 212 Å². The third kappa shape index (κ3) is 4.33. The normalized spacial score (nSPS) is 12.8.